The number of hydrogen-bond acceptors (Lipinski definition) is 4. The molecule has 1 saturated heterocycles. The lowest BCUT2D eigenvalue weighted by Crippen LogP contribution is -2.37. The van der Waals surface area contributed by atoms with Gasteiger partial charge in [0.15, 0.2) is 0 Å². The van der Waals surface area contributed by atoms with Gasteiger partial charge in [-0.05, 0) is 58.5 Å². The van der Waals surface area contributed by atoms with Crippen molar-refractivity contribution in [2.45, 2.75) is 23.7 Å². The van der Waals surface area contributed by atoms with Gasteiger partial charge >= 0.3 is 5.97 Å². The molecule has 0 unspecified atom stereocenters. The van der Waals surface area contributed by atoms with Crippen LogP contribution < -0.4 is 0 Å². The van der Waals surface area contributed by atoms with Gasteiger partial charge in [0, 0.05) is 17.6 Å². The molecule has 5 nitrogen and oxygen atoms in total. The second-order valence-electron chi connectivity index (χ2n) is 6.22. The first-order valence-electron chi connectivity index (χ1n) is 8.36. The first-order chi connectivity index (χ1) is 12.4. The van der Waals surface area contributed by atoms with Crippen LogP contribution in [0.3, 0.4) is 0 Å². The van der Waals surface area contributed by atoms with Crippen molar-refractivity contribution in [1.29, 1.82) is 0 Å². The Bertz CT molecular complexity index is 891. The number of hydrogen-bond donors (Lipinski definition) is 0. The zero-order valence-corrected chi connectivity index (χ0v) is 16.8. The molecule has 0 aliphatic carbocycles. The van der Waals surface area contributed by atoms with E-state index >= 15 is 0 Å². The van der Waals surface area contributed by atoms with Crippen molar-refractivity contribution >= 4 is 31.9 Å². The maximum atomic E-state index is 12.9. The summed E-state index contributed by atoms with van der Waals surface area (Å²) in [5.74, 6) is -0.124. The van der Waals surface area contributed by atoms with E-state index in [2.05, 4.69) is 32.8 Å². The standard InChI is InChI=1S/C19H20BrNO4S/c1-25-19(22)17-8-7-16(13-18(17)20)26(23,24)21-11-9-15(10-12-21)14-5-3-2-4-6-14/h2-8,13,15H,9-12H2,1H3. The predicted molar refractivity (Wildman–Crippen MR) is 103 cm³/mol. The van der Waals surface area contributed by atoms with E-state index in [9.17, 15) is 13.2 Å². The summed E-state index contributed by atoms with van der Waals surface area (Å²) in [7, 11) is -2.30. The summed E-state index contributed by atoms with van der Waals surface area (Å²) in [4.78, 5) is 11.8. The quantitative estimate of drug-likeness (QED) is 0.682. The van der Waals surface area contributed by atoms with Crippen molar-refractivity contribution in [2.24, 2.45) is 0 Å². The van der Waals surface area contributed by atoms with E-state index in [1.54, 1.807) is 0 Å². The van der Waals surface area contributed by atoms with Crippen molar-refractivity contribution in [3.8, 4) is 0 Å². The van der Waals surface area contributed by atoms with Gasteiger partial charge in [0.25, 0.3) is 0 Å². The lowest BCUT2D eigenvalue weighted by molar-refractivity contribution is 0.0599. The number of rotatable bonds is 4. The Morgan fingerprint density at radius 3 is 2.35 bits per heavy atom. The van der Waals surface area contributed by atoms with Crippen LogP contribution in [0.1, 0.15) is 34.7 Å². The van der Waals surface area contributed by atoms with Gasteiger partial charge in [-0.15, -0.1) is 0 Å². The number of nitrogens with zero attached hydrogens (tertiary/aromatic N) is 1. The molecule has 0 aromatic heterocycles. The SMILES string of the molecule is COC(=O)c1ccc(S(=O)(=O)N2CCC(c3ccccc3)CC2)cc1Br. The molecule has 0 saturated carbocycles. The van der Waals surface area contributed by atoms with E-state index in [1.165, 1.54) is 35.2 Å². The van der Waals surface area contributed by atoms with Crippen LogP contribution in [0.25, 0.3) is 0 Å². The molecule has 1 aliphatic rings. The Balaban J connectivity index is 1.75. The summed E-state index contributed by atoms with van der Waals surface area (Å²) < 4.78 is 32.5. The van der Waals surface area contributed by atoms with E-state index in [0.29, 0.717) is 29.0 Å². The molecule has 7 heteroatoms. The fraction of sp³-hybridized carbons (Fsp3) is 0.316. The Kier molecular flexibility index (Phi) is 5.79. The molecule has 26 heavy (non-hydrogen) atoms. The lowest BCUT2D eigenvalue weighted by Gasteiger charge is -2.31. The number of ether oxygens (including phenoxy) is 1. The molecule has 1 fully saturated rings. The highest BCUT2D eigenvalue weighted by Gasteiger charge is 2.30. The number of benzene rings is 2. The number of carbonyl (C=O) groups excluding carboxylic acids is 1. The second kappa shape index (κ2) is 7.90. The maximum Gasteiger partial charge on any atom is 0.339 e. The molecule has 138 valence electrons. The monoisotopic (exact) mass is 437 g/mol. The van der Waals surface area contributed by atoms with Gasteiger partial charge in [-0.2, -0.15) is 4.31 Å². The third-order valence-electron chi connectivity index (χ3n) is 4.71. The lowest BCUT2D eigenvalue weighted by atomic mass is 9.90. The number of sulfonamides is 1. The van der Waals surface area contributed by atoms with E-state index in [-0.39, 0.29) is 4.90 Å². The molecule has 1 heterocycles. The zero-order chi connectivity index (χ0) is 18.7. The smallest absolute Gasteiger partial charge is 0.339 e. The molecule has 3 rings (SSSR count). The molecule has 0 radical (unpaired) electrons. The minimum absolute atomic E-state index is 0.176. The van der Waals surface area contributed by atoms with Gasteiger partial charge in [-0.3, -0.25) is 0 Å². The van der Waals surface area contributed by atoms with Crippen molar-refractivity contribution in [2.75, 3.05) is 20.2 Å². The molecule has 2 aromatic carbocycles. The molecule has 0 atom stereocenters. The van der Waals surface area contributed by atoms with Gasteiger partial charge < -0.3 is 4.74 Å². The topological polar surface area (TPSA) is 63.7 Å². The summed E-state index contributed by atoms with van der Waals surface area (Å²) in [6.07, 6.45) is 1.59. The van der Waals surface area contributed by atoms with Gasteiger partial charge in [0.1, 0.15) is 0 Å². The van der Waals surface area contributed by atoms with Crippen LogP contribution >= 0.6 is 15.9 Å². The zero-order valence-electron chi connectivity index (χ0n) is 14.4. The van der Waals surface area contributed by atoms with Crippen LogP contribution in [0.4, 0.5) is 0 Å². The minimum Gasteiger partial charge on any atom is -0.465 e. The van der Waals surface area contributed by atoms with E-state index in [1.807, 2.05) is 18.2 Å². The number of halogens is 1. The third-order valence-corrected chi connectivity index (χ3v) is 7.26. The average Bonchev–Trinajstić information content (AvgIpc) is 2.68. The normalized spacial score (nSPS) is 16.4. The van der Waals surface area contributed by atoms with Crippen LogP contribution in [-0.4, -0.2) is 38.9 Å². The van der Waals surface area contributed by atoms with E-state index < -0.39 is 16.0 Å². The fourth-order valence-electron chi connectivity index (χ4n) is 3.24. The molecule has 0 N–H and O–H groups in total. The van der Waals surface area contributed by atoms with Gasteiger partial charge in [-0.1, -0.05) is 30.3 Å². The number of esters is 1. The van der Waals surface area contributed by atoms with Crippen LogP contribution in [0, 0.1) is 0 Å². The highest BCUT2D eigenvalue weighted by Crippen LogP contribution is 2.31. The van der Waals surface area contributed by atoms with Crippen molar-refractivity contribution in [3.63, 3.8) is 0 Å². The summed E-state index contributed by atoms with van der Waals surface area (Å²) in [6.45, 7) is 0.969. The van der Waals surface area contributed by atoms with Gasteiger partial charge in [0.05, 0.1) is 17.6 Å². The minimum atomic E-state index is -3.59. The maximum absolute atomic E-state index is 12.9. The Hall–Kier alpha value is -1.70. The van der Waals surface area contributed by atoms with Gasteiger partial charge in [0.2, 0.25) is 10.0 Å². The molecule has 2 aromatic rings. The molecule has 0 amide bonds. The average molecular weight is 438 g/mol. The van der Waals surface area contributed by atoms with Crippen molar-refractivity contribution in [1.82, 2.24) is 4.31 Å². The highest BCUT2D eigenvalue weighted by atomic mass is 79.9. The number of piperidine rings is 1. The Morgan fingerprint density at radius 1 is 1.12 bits per heavy atom. The summed E-state index contributed by atoms with van der Waals surface area (Å²) in [5, 5.41) is 0. The van der Waals surface area contributed by atoms with E-state index in [4.69, 9.17) is 0 Å². The molecule has 1 aliphatic heterocycles. The molecular weight excluding hydrogens is 418 g/mol. The first-order valence-corrected chi connectivity index (χ1v) is 10.6. The second-order valence-corrected chi connectivity index (χ2v) is 9.01. The van der Waals surface area contributed by atoms with Crippen LogP contribution in [0.15, 0.2) is 57.9 Å². The summed E-state index contributed by atoms with van der Waals surface area (Å²) in [6, 6.07) is 14.6. The molecule has 0 spiro atoms. The van der Waals surface area contributed by atoms with Gasteiger partial charge in [-0.25, -0.2) is 13.2 Å². The largest absolute Gasteiger partial charge is 0.465 e. The molecular formula is C19H20BrNO4S. The summed E-state index contributed by atoms with van der Waals surface area (Å²) in [5.41, 5.74) is 1.56. The number of carbonyl (C=O) groups is 1. The number of methoxy groups -OCH3 is 1. The van der Waals surface area contributed by atoms with Crippen molar-refractivity contribution in [3.05, 3.63) is 64.1 Å². The van der Waals surface area contributed by atoms with Crippen LogP contribution in [0.2, 0.25) is 0 Å². The van der Waals surface area contributed by atoms with E-state index in [0.717, 1.165) is 12.8 Å². The predicted octanol–water partition coefficient (Wildman–Crippen LogP) is 3.80. The first kappa shape index (κ1) is 19.1. The fourth-order valence-corrected chi connectivity index (χ4v) is 5.42. The Morgan fingerprint density at radius 2 is 1.77 bits per heavy atom. The van der Waals surface area contributed by atoms with Crippen LogP contribution in [0.5, 0.6) is 0 Å². The Labute approximate surface area is 162 Å². The third kappa shape index (κ3) is 3.84. The summed E-state index contributed by atoms with van der Waals surface area (Å²) >= 11 is 3.26. The molecule has 0 bridgehead atoms. The highest BCUT2D eigenvalue weighted by molar-refractivity contribution is 9.10. The van der Waals surface area contributed by atoms with Crippen molar-refractivity contribution < 1.29 is 17.9 Å². The van der Waals surface area contributed by atoms with Crippen LogP contribution in [-0.2, 0) is 14.8 Å².